The highest BCUT2D eigenvalue weighted by Crippen LogP contribution is 2.34. The normalized spacial score (nSPS) is 18.8. The molecule has 2 atom stereocenters. The van der Waals surface area contributed by atoms with Gasteiger partial charge in [-0.1, -0.05) is 24.3 Å². The van der Waals surface area contributed by atoms with Gasteiger partial charge in [0.15, 0.2) is 17.4 Å². The third-order valence-electron chi connectivity index (χ3n) is 4.21. The number of ether oxygens (including phenoxy) is 1. The maximum atomic E-state index is 14.8. The molecule has 0 bridgehead atoms. The molecule has 1 amide bonds. The minimum Gasteiger partial charge on any atom is -0.451 e. The van der Waals surface area contributed by atoms with Crippen LogP contribution in [0.3, 0.4) is 0 Å². The average molecular weight is 332 g/mol. The van der Waals surface area contributed by atoms with Gasteiger partial charge in [0.05, 0.1) is 0 Å². The predicted molar refractivity (Wildman–Crippen MR) is 85.5 cm³/mol. The molecule has 4 nitrogen and oxygen atoms in total. The van der Waals surface area contributed by atoms with E-state index in [-0.39, 0.29) is 17.4 Å². The molecule has 0 saturated carbocycles. The third-order valence-corrected chi connectivity index (χ3v) is 4.21. The average Bonchev–Trinajstić information content (AvgIpc) is 2.60. The number of carbonyl (C=O) groups excluding carboxylic acids is 1. The molecular formula is C18H18F2N2O2. The van der Waals surface area contributed by atoms with E-state index in [1.807, 2.05) is 0 Å². The molecule has 24 heavy (non-hydrogen) atoms. The summed E-state index contributed by atoms with van der Waals surface area (Å²) < 4.78 is 34.1. The Hall–Kier alpha value is -2.47. The van der Waals surface area contributed by atoms with Crippen molar-refractivity contribution in [1.29, 1.82) is 0 Å². The predicted octanol–water partition coefficient (Wildman–Crippen LogP) is 3.28. The van der Waals surface area contributed by atoms with Gasteiger partial charge in [-0.25, -0.2) is 8.78 Å². The number of piperidine rings is 1. The lowest BCUT2D eigenvalue weighted by Crippen LogP contribution is -2.39. The molecule has 1 fully saturated rings. The fourth-order valence-electron chi connectivity index (χ4n) is 2.82. The zero-order valence-electron chi connectivity index (χ0n) is 13.0. The minimum absolute atomic E-state index is 0.0360. The van der Waals surface area contributed by atoms with Crippen molar-refractivity contribution in [3.05, 3.63) is 59.7 Å². The molecule has 126 valence electrons. The fraction of sp³-hybridized carbons (Fsp3) is 0.278. The number of hydrogen-bond acceptors (Lipinski definition) is 3. The van der Waals surface area contributed by atoms with Crippen LogP contribution in [0.5, 0.6) is 11.5 Å². The zero-order valence-corrected chi connectivity index (χ0v) is 13.0. The summed E-state index contributed by atoms with van der Waals surface area (Å²) in [5.74, 6) is -1.86. The van der Waals surface area contributed by atoms with E-state index in [1.54, 1.807) is 30.3 Å². The Bertz CT molecular complexity index is 727. The van der Waals surface area contributed by atoms with Crippen LogP contribution in [0.4, 0.5) is 8.78 Å². The number of carbonyl (C=O) groups is 1. The van der Waals surface area contributed by atoms with E-state index in [2.05, 4.69) is 5.32 Å². The maximum absolute atomic E-state index is 14.8. The van der Waals surface area contributed by atoms with E-state index in [4.69, 9.17) is 10.5 Å². The number of para-hydroxylation sites is 1. The molecule has 0 aromatic heterocycles. The second kappa shape index (κ2) is 6.97. The van der Waals surface area contributed by atoms with Crippen molar-refractivity contribution in [2.75, 3.05) is 6.54 Å². The highest BCUT2D eigenvalue weighted by atomic mass is 19.1. The van der Waals surface area contributed by atoms with Crippen molar-refractivity contribution < 1.29 is 18.3 Å². The van der Waals surface area contributed by atoms with E-state index in [0.717, 1.165) is 6.07 Å². The van der Waals surface area contributed by atoms with Crippen LogP contribution in [0.2, 0.25) is 0 Å². The summed E-state index contributed by atoms with van der Waals surface area (Å²) in [6, 6.07) is 10.3. The quantitative estimate of drug-likeness (QED) is 0.903. The van der Waals surface area contributed by atoms with Gasteiger partial charge in [-0.2, -0.15) is 0 Å². The highest BCUT2D eigenvalue weighted by molar-refractivity contribution is 5.76. The van der Waals surface area contributed by atoms with E-state index in [1.165, 1.54) is 6.07 Å². The Morgan fingerprint density at radius 1 is 1.17 bits per heavy atom. The van der Waals surface area contributed by atoms with Gasteiger partial charge in [0.25, 0.3) is 0 Å². The molecule has 2 aromatic carbocycles. The van der Waals surface area contributed by atoms with E-state index in [0.29, 0.717) is 25.1 Å². The molecule has 1 heterocycles. The minimum atomic E-state index is -0.803. The maximum Gasteiger partial charge on any atom is 0.220 e. The lowest BCUT2D eigenvalue weighted by Gasteiger charge is -2.28. The van der Waals surface area contributed by atoms with Gasteiger partial charge in [0, 0.05) is 24.6 Å². The standard InChI is InChI=1S/C18H18F2N2O2/c19-14-8-7-13(17(21)11-6-9-15(23)22-10-11)16(20)18(14)24-12-4-2-1-3-5-12/h1-5,7-8,11,17H,6,9-10,21H2,(H,22,23)/t11-,17-/m1/s1. The van der Waals surface area contributed by atoms with Crippen molar-refractivity contribution in [1.82, 2.24) is 5.32 Å². The summed E-state index contributed by atoms with van der Waals surface area (Å²) in [6.45, 7) is 0.381. The van der Waals surface area contributed by atoms with Crippen LogP contribution < -0.4 is 15.8 Å². The lowest BCUT2D eigenvalue weighted by molar-refractivity contribution is -0.123. The Labute approximate surface area is 138 Å². The molecule has 1 aliphatic rings. The molecule has 1 aliphatic heterocycles. The van der Waals surface area contributed by atoms with Gasteiger partial charge in [0.2, 0.25) is 5.91 Å². The van der Waals surface area contributed by atoms with E-state index < -0.39 is 23.4 Å². The Kier molecular flexibility index (Phi) is 4.76. The second-order valence-corrected chi connectivity index (χ2v) is 5.82. The third kappa shape index (κ3) is 3.38. The van der Waals surface area contributed by atoms with Gasteiger partial charge in [-0.15, -0.1) is 0 Å². The Balaban J connectivity index is 1.86. The molecule has 2 aromatic rings. The smallest absolute Gasteiger partial charge is 0.220 e. The van der Waals surface area contributed by atoms with Gasteiger partial charge in [0.1, 0.15) is 5.75 Å². The topological polar surface area (TPSA) is 64.3 Å². The van der Waals surface area contributed by atoms with Gasteiger partial charge in [-0.3, -0.25) is 4.79 Å². The number of nitrogens with two attached hydrogens (primary N) is 1. The lowest BCUT2D eigenvalue weighted by atomic mass is 9.87. The fourth-order valence-corrected chi connectivity index (χ4v) is 2.82. The Morgan fingerprint density at radius 3 is 2.58 bits per heavy atom. The number of rotatable bonds is 4. The summed E-state index contributed by atoms with van der Waals surface area (Å²) >= 11 is 0. The molecule has 1 saturated heterocycles. The Morgan fingerprint density at radius 2 is 1.92 bits per heavy atom. The first kappa shape index (κ1) is 16.4. The molecule has 3 N–H and O–H groups in total. The molecule has 6 heteroatoms. The van der Waals surface area contributed by atoms with Gasteiger partial charge < -0.3 is 15.8 Å². The van der Waals surface area contributed by atoms with Crippen molar-refractivity contribution >= 4 is 5.91 Å². The number of benzene rings is 2. The number of amides is 1. The number of halogens is 2. The first-order chi connectivity index (χ1) is 11.6. The van der Waals surface area contributed by atoms with Crippen LogP contribution in [0.25, 0.3) is 0 Å². The molecule has 3 rings (SSSR count). The van der Waals surface area contributed by atoms with Crippen LogP contribution in [0.15, 0.2) is 42.5 Å². The van der Waals surface area contributed by atoms with E-state index in [9.17, 15) is 13.6 Å². The second-order valence-electron chi connectivity index (χ2n) is 5.82. The monoisotopic (exact) mass is 332 g/mol. The van der Waals surface area contributed by atoms with Crippen LogP contribution in [0.1, 0.15) is 24.4 Å². The molecule has 0 spiro atoms. The van der Waals surface area contributed by atoms with Crippen LogP contribution in [-0.4, -0.2) is 12.5 Å². The van der Waals surface area contributed by atoms with Gasteiger partial charge in [-0.05, 0) is 30.5 Å². The van der Waals surface area contributed by atoms with E-state index >= 15 is 0 Å². The van der Waals surface area contributed by atoms with Gasteiger partial charge >= 0.3 is 0 Å². The first-order valence-electron chi connectivity index (χ1n) is 7.79. The SMILES string of the molecule is N[C@@H](c1ccc(F)c(Oc2ccccc2)c1F)[C@@H]1CCC(=O)NC1. The largest absolute Gasteiger partial charge is 0.451 e. The van der Waals surface area contributed by atoms with Crippen LogP contribution in [0, 0.1) is 17.6 Å². The zero-order chi connectivity index (χ0) is 17.1. The van der Waals surface area contributed by atoms with Crippen molar-refractivity contribution in [3.63, 3.8) is 0 Å². The molecular weight excluding hydrogens is 314 g/mol. The highest BCUT2D eigenvalue weighted by Gasteiger charge is 2.28. The number of nitrogens with one attached hydrogen (secondary N) is 1. The first-order valence-corrected chi connectivity index (χ1v) is 7.79. The summed E-state index contributed by atoms with van der Waals surface area (Å²) in [5, 5.41) is 2.72. The molecule has 0 radical (unpaired) electrons. The summed E-state index contributed by atoms with van der Waals surface area (Å²) in [5.41, 5.74) is 6.34. The summed E-state index contributed by atoms with van der Waals surface area (Å²) in [6.07, 6.45) is 0.924. The molecule has 0 unspecified atom stereocenters. The summed E-state index contributed by atoms with van der Waals surface area (Å²) in [4.78, 5) is 11.2. The van der Waals surface area contributed by atoms with Crippen molar-refractivity contribution in [2.45, 2.75) is 18.9 Å². The summed E-state index contributed by atoms with van der Waals surface area (Å²) in [7, 11) is 0. The molecule has 0 aliphatic carbocycles. The van der Waals surface area contributed by atoms with Crippen molar-refractivity contribution in [3.8, 4) is 11.5 Å². The van der Waals surface area contributed by atoms with Crippen molar-refractivity contribution in [2.24, 2.45) is 11.7 Å². The number of hydrogen-bond donors (Lipinski definition) is 2. The van der Waals surface area contributed by atoms with Crippen LogP contribution >= 0.6 is 0 Å². The van der Waals surface area contributed by atoms with Crippen LogP contribution in [-0.2, 0) is 4.79 Å².